The van der Waals surface area contributed by atoms with Crippen LogP contribution in [-0.2, 0) is 27.8 Å². The molecule has 0 aliphatic carbocycles. The molecule has 186 valence electrons. The summed E-state index contributed by atoms with van der Waals surface area (Å²) in [5, 5.41) is 2.96. The van der Waals surface area contributed by atoms with Crippen molar-refractivity contribution < 1.29 is 22.7 Å². The zero-order valence-electron chi connectivity index (χ0n) is 20.3. The molecule has 1 atom stereocenters. The summed E-state index contributed by atoms with van der Waals surface area (Å²) in [6, 6.07) is 15.5. The molecule has 1 N–H and O–H groups in total. The maximum Gasteiger partial charge on any atom is 0.224 e. The fourth-order valence-electron chi connectivity index (χ4n) is 4.15. The van der Waals surface area contributed by atoms with Crippen LogP contribution >= 0.6 is 0 Å². The maximum absolute atomic E-state index is 12.9. The van der Waals surface area contributed by atoms with Crippen molar-refractivity contribution in [3.05, 3.63) is 59.7 Å². The molecule has 34 heavy (non-hydrogen) atoms. The first-order chi connectivity index (χ1) is 16.3. The van der Waals surface area contributed by atoms with Gasteiger partial charge in [0.2, 0.25) is 15.9 Å². The van der Waals surface area contributed by atoms with Crippen molar-refractivity contribution in [2.45, 2.75) is 52.2 Å². The molecule has 2 aromatic carbocycles. The molecular weight excluding hydrogens is 452 g/mol. The number of aryl methyl sites for hydroxylation is 1. The van der Waals surface area contributed by atoms with Crippen molar-refractivity contribution in [1.82, 2.24) is 9.62 Å². The number of nitrogens with one attached hydrogen (secondary N) is 1. The smallest absolute Gasteiger partial charge is 0.224 e. The number of rotatable bonds is 11. The molecule has 3 rings (SSSR count). The predicted octanol–water partition coefficient (Wildman–Crippen LogP) is 3.77. The van der Waals surface area contributed by atoms with Crippen LogP contribution in [0.5, 0.6) is 11.5 Å². The summed E-state index contributed by atoms with van der Waals surface area (Å²) in [4.78, 5) is 12.8. The van der Waals surface area contributed by atoms with Crippen molar-refractivity contribution in [2.75, 3.05) is 26.0 Å². The average Bonchev–Trinajstić information content (AvgIpc) is 2.83. The van der Waals surface area contributed by atoms with Gasteiger partial charge in [0.15, 0.2) is 11.5 Å². The van der Waals surface area contributed by atoms with Crippen molar-refractivity contribution in [1.29, 1.82) is 0 Å². The highest BCUT2D eigenvalue weighted by molar-refractivity contribution is 7.89. The molecule has 0 spiro atoms. The van der Waals surface area contributed by atoms with Crippen LogP contribution in [0.1, 0.15) is 44.2 Å². The summed E-state index contributed by atoms with van der Waals surface area (Å²) in [7, 11) is -1.80. The van der Waals surface area contributed by atoms with E-state index >= 15 is 0 Å². The third-order valence-corrected chi connectivity index (χ3v) is 7.84. The van der Waals surface area contributed by atoms with E-state index in [-0.39, 0.29) is 30.2 Å². The number of methoxy groups -OCH3 is 1. The summed E-state index contributed by atoms with van der Waals surface area (Å²) in [5.74, 6) is 0.911. The zero-order valence-corrected chi connectivity index (χ0v) is 21.1. The molecule has 8 heteroatoms. The molecule has 0 saturated carbocycles. The van der Waals surface area contributed by atoms with Gasteiger partial charge < -0.3 is 14.8 Å². The number of amides is 1. The molecular formula is C26H36N2O5S. The van der Waals surface area contributed by atoms with Crippen molar-refractivity contribution in [3.63, 3.8) is 0 Å². The van der Waals surface area contributed by atoms with Crippen LogP contribution < -0.4 is 14.8 Å². The van der Waals surface area contributed by atoms with E-state index in [4.69, 9.17) is 9.47 Å². The van der Waals surface area contributed by atoms with Gasteiger partial charge in [0.05, 0.1) is 24.9 Å². The molecule has 0 bridgehead atoms. The van der Waals surface area contributed by atoms with Gasteiger partial charge in [-0.25, -0.2) is 12.7 Å². The van der Waals surface area contributed by atoms with Crippen molar-refractivity contribution >= 4 is 15.9 Å². The predicted molar refractivity (Wildman–Crippen MR) is 133 cm³/mol. The van der Waals surface area contributed by atoms with E-state index in [0.29, 0.717) is 43.9 Å². The zero-order chi connectivity index (χ0) is 24.6. The Hall–Kier alpha value is -2.58. The van der Waals surface area contributed by atoms with Gasteiger partial charge in [-0.1, -0.05) is 36.4 Å². The molecule has 2 aromatic rings. The number of carbonyl (C=O) groups is 1. The number of sulfonamides is 1. The molecule has 1 heterocycles. The van der Waals surface area contributed by atoms with E-state index in [0.717, 1.165) is 17.5 Å². The highest BCUT2D eigenvalue weighted by Crippen LogP contribution is 2.29. The van der Waals surface area contributed by atoms with Gasteiger partial charge >= 0.3 is 0 Å². The first kappa shape index (κ1) is 26.0. The summed E-state index contributed by atoms with van der Waals surface area (Å²) in [6.07, 6.45) is 2.70. The van der Waals surface area contributed by atoms with Crippen LogP contribution in [0, 0.1) is 5.92 Å². The van der Waals surface area contributed by atoms with Gasteiger partial charge in [-0.2, -0.15) is 0 Å². The molecule has 0 radical (unpaired) electrons. The van der Waals surface area contributed by atoms with Gasteiger partial charge in [-0.05, 0) is 62.8 Å². The normalized spacial score (nSPS) is 16.9. The molecule has 7 nitrogen and oxygen atoms in total. The Kier molecular flexibility index (Phi) is 9.36. The van der Waals surface area contributed by atoms with E-state index in [9.17, 15) is 13.2 Å². The number of benzene rings is 2. The lowest BCUT2D eigenvalue weighted by molar-refractivity contribution is -0.126. The Morgan fingerprint density at radius 2 is 1.88 bits per heavy atom. The second-order valence-corrected chi connectivity index (χ2v) is 11.1. The lowest BCUT2D eigenvalue weighted by atomic mass is 9.98. The highest BCUT2D eigenvalue weighted by atomic mass is 32.2. The Labute approximate surface area is 203 Å². The Bertz CT molecular complexity index is 1040. The van der Waals surface area contributed by atoms with Crippen LogP contribution in [0.15, 0.2) is 48.5 Å². The molecule has 0 unspecified atom stereocenters. The van der Waals surface area contributed by atoms with Gasteiger partial charge in [0, 0.05) is 19.6 Å². The molecule has 1 saturated heterocycles. The molecule has 1 aliphatic rings. The van der Waals surface area contributed by atoms with Crippen molar-refractivity contribution in [3.8, 4) is 11.5 Å². The Balaban J connectivity index is 1.51. The largest absolute Gasteiger partial charge is 0.493 e. The van der Waals surface area contributed by atoms with Gasteiger partial charge in [-0.3, -0.25) is 4.79 Å². The van der Waals surface area contributed by atoms with Crippen LogP contribution in [0.4, 0.5) is 0 Å². The second kappa shape index (κ2) is 12.2. The molecule has 1 fully saturated rings. The van der Waals surface area contributed by atoms with Gasteiger partial charge in [0.25, 0.3) is 0 Å². The summed E-state index contributed by atoms with van der Waals surface area (Å²) >= 11 is 0. The lowest BCUT2D eigenvalue weighted by Gasteiger charge is -2.31. The third-order valence-electron chi connectivity index (χ3n) is 5.92. The number of carbonyl (C=O) groups excluding carboxylic acids is 1. The van der Waals surface area contributed by atoms with E-state index in [1.165, 1.54) is 4.31 Å². The molecule has 1 amide bonds. The number of hydrogen-bond donors (Lipinski definition) is 1. The third kappa shape index (κ3) is 7.46. The first-order valence-electron chi connectivity index (χ1n) is 11.9. The quantitative estimate of drug-likeness (QED) is 0.520. The first-order valence-corrected chi connectivity index (χ1v) is 13.5. The SMILES string of the molecule is COc1cc(CNC(=O)[C@H]2CCCN(S(=O)(=O)CCCc3ccccc3)C2)ccc1OC(C)C. The standard InChI is InChI=1S/C26H36N2O5S/c1-20(2)33-24-14-13-22(17-25(24)32-3)18-27-26(29)23-12-7-15-28(19-23)34(30,31)16-8-11-21-9-5-4-6-10-21/h4-6,9-10,13-14,17,20,23H,7-8,11-12,15-16,18-19H2,1-3H3,(H,27,29)/t23-/m0/s1. The van der Waals surface area contributed by atoms with Crippen LogP contribution in [0.3, 0.4) is 0 Å². The van der Waals surface area contributed by atoms with E-state index in [1.54, 1.807) is 7.11 Å². The number of piperidine rings is 1. The maximum atomic E-state index is 12.9. The van der Waals surface area contributed by atoms with Gasteiger partial charge in [-0.15, -0.1) is 0 Å². The van der Waals surface area contributed by atoms with Gasteiger partial charge in [0.1, 0.15) is 0 Å². The number of hydrogen-bond acceptors (Lipinski definition) is 5. The monoisotopic (exact) mass is 488 g/mol. The number of ether oxygens (including phenoxy) is 2. The van der Waals surface area contributed by atoms with E-state index in [1.807, 2.05) is 62.4 Å². The lowest BCUT2D eigenvalue weighted by Crippen LogP contribution is -2.46. The Morgan fingerprint density at radius 3 is 2.59 bits per heavy atom. The summed E-state index contributed by atoms with van der Waals surface area (Å²) in [6.45, 7) is 4.96. The minimum atomic E-state index is -3.39. The fraction of sp³-hybridized carbons (Fsp3) is 0.500. The second-order valence-electron chi connectivity index (χ2n) is 8.97. The highest BCUT2D eigenvalue weighted by Gasteiger charge is 2.32. The van der Waals surface area contributed by atoms with Crippen LogP contribution in [0.2, 0.25) is 0 Å². The minimum Gasteiger partial charge on any atom is -0.493 e. The fourth-order valence-corrected chi connectivity index (χ4v) is 5.73. The minimum absolute atomic E-state index is 0.0308. The number of nitrogens with zero attached hydrogens (tertiary/aromatic N) is 1. The Morgan fingerprint density at radius 1 is 1.12 bits per heavy atom. The van der Waals surface area contributed by atoms with Crippen LogP contribution in [0.25, 0.3) is 0 Å². The average molecular weight is 489 g/mol. The summed E-state index contributed by atoms with van der Waals surface area (Å²) in [5.41, 5.74) is 2.02. The topological polar surface area (TPSA) is 84.9 Å². The van der Waals surface area contributed by atoms with Crippen LogP contribution in [-0.4, -0.2) is 50.7 Å². The van der Waals surface area contributed by atoms with E-state index in [2.05, 4.69) is 5.32 Å². The van der Waals surface area contributed by atoms with E-state index < -0.39 is 10.0 Å². The molecule has 0 aromatic heterocycles. The molecule has 1 aliphatic heterocycles. The van der Waals surface area contributed by atoms with Crippen molar-refractivity contribution in [2.24, 2.45) is 5.92 Å². The summed E-state index contributed by atoms with van der Waals surface area (Å²) < 4.78 is 38.4.